The van der Waals surface area contributed by atoms with E-state index >= 15 is 0 Å². The van der Waals surface area contributed by atoms with Gasteiger partial charge < -0.3 is 10.4 Å². The van der Waals surface area contributed by atoms with Crippen molar-refractivity contribution < 1.29 is 13.5 Å². The van der Waals surface area contributed by atoms with Crippen LogP contribution in [0.25, 0.3) is 0 Å². The topological polar surface area (TPSA) is 66.4 Å². The third-order valence-electron chi connectivity index (χ3n) is 2.95. The summed E-state index contributed by atoms with van der Waals surface area (Å²) in [6, 6.07) is 4.47. The van der Waals surface area contributed by atoms with E-state index in [2.05, 4.69) is 5.32 Å². The van der Waals surface area contributed by atoms with Crippen molar-refractivity contribution in [1.82, 2.24) is 5.32 Å². The Morgan fingerprint density at radius 3 is 2.94 bits per heavy atom. The number of sulfone groups is 1. The van der Waals surface area contributed by atoms with Gasteiger partial charge in [0.2, 0.25) is 0 Å². The van der Waals surface area contributed by atoms with E-state index in [4.69, 9.17) is 0 Å². The molecule has 1 aromatic carbocycles. The average molecular weight is 241 g/mol. The van der Waals surface area contributed by atoms with Crippen LogP contribution in [-0.2, 0) is 16.3 Å². The molecule has 0 aromatic heterocycles. The highest BCUT2D eigenvalue weighted by molar-refractivity contribution is 7.92. The summed E-state index contributed by atoms with van der Waals surface area (Å²) < 4.78 is 24.2. The summed E-state index contributed by atoms with van der Waals surface area (Å²) in [5.41, 5.74) is 0.737. The van der Waals surface area contributed by atoms with Crippen LogP contribution in [-0.4, -0.2) is 32.4 Å². The molecular formula is C11H15NO3S. The van der Waals surface area contributed by atoms with Gasteiger partial charge in [-0.2, -0.15) is 0 Å². The van der Waals surface area contributed by atoms with Gasteiger partial charge in [-0.25, -0.2) is 8.42 Å². The van der Waals surface area contributed by atoms with Crippen LogP contribution in [0.15, 0.2) is 23.1 Å². The average Bonchev–Trinajstić information content (AvgIpc) is 2.47. The van der Waals surface area contributed by atoms with Gasteiger partial charge in [0.05, 0.1) is 10.1 Å². The molecule has 2 N–H and O–H groups in total. The number of aromatic hydroxyl groups is 1. The summed E-state index contributed by atoms with van der Waals surface area (Å²) >= 11 is 0. The zero-order valence-electron chi connectivity index (χ0n) is 9.10. The first-order valence-corrected chi connectivity index (χ1v) is 6.80. The normalized spacial score (nSPS) is 21.9. The van der Waals surface area contributed by atoms with Crippen LogP contribution in [0.3, 0.4) is 0 Å². The van der Waals surface area contributed by atoms with E-state index < -0.39 is 9.84 Å². The predicted octanol–water partition coefficient (Wildman–Crippen LogP) is 0.700. The molecule has 4 nitrogen and oxygen atoms in total. The summed E-state index contributed by atoms with van der Waals surface area (Å²) in [5, 5.41) is 11.9. The highest BCUT2D eigenvalue weighted by Crippen LogP contribution is 2.34. The van der Waals surface area contributed by atoms with Gasteiger partial charge in [0, 0.05) is 0 Å². The Balaban J connectivity index is 2.34. The van der Waals surface area contributed by atoms with Crippen LogP contribution in [0.2, 0.25) is 0 Å². The third kappa shape index (κ3) is 1.81. The lowest BCUT2D eigenvalue weighted by atomic mass is 10.1. The molecule has 0 bridgehead atoms. The maximum atomic E-state index is 12.1. The summed E-state index contributed by atoms with van der Waals surface area (Å²) in [5.74, 6) is 0.128. The number of fused-ring (bicyclic) bond motifs is 1. The number of hydrogen-bond acceptors (Lipinski definition) is 4. The minimum Gasteiger partial charge on any atom is -0.508 e. The molecule has 1 aliphatic heterocycles. The monoisotopic (exact) mass is 241 g/mol. The quantitative estimate of drug-likeness (QED) is 0.817. The van der Waals surface area contributed by atoms with Crippen molar-refractivity contribution in [2.75, 3.05) is 13.6 Å². The van der Waals surface area contributed by atoms with E-state index in [-0.39, 0.29) is 11.0 Å². The Bertz CT molecular complexity index is 496. The van der Waals surface area contributed by atoms with Crippen molar-refractivity contribution in [3.63, 3.8) is 0 Å². The Morgan fingerprint density at radius 1 is 1.50 bits per heavy atom. The fraction of sp³-hybridized carbons (Fsp3) is 0.455. The van der Waals surface area contributed by atoms with Crippen LogP contribution >= 0.6 is 0 Å². The summed E-state index contributed by atoms with van der Waals surface area (Å²) in [4.78, 5) is 0.381. The second-order valence-electron chi connectivity index (χ2n) is 4.06. The molecule has 1 heterocycles. The third-order valence-corrected chi connectivity index (χ3v) is 5.24. The highest BCUT2D eigenvalue weighted by Gasteiger charge is 2.36. The van der Waals surface area contributed by atoms with E-state index in [1.54, 1.807) is 13.1 Å². The molecule has 0 radical (unpaired) electrons. The highest BCUT2D eigenvalue weighted by atomic mass is 32.2. The fourth-order valence-electron chi connectivity index (χ4n) is 2.10. The number of phenolic OH excluding ortho intramolecular Hbond substituents is 1. The van der Waals surface area contributed by atoms with Gasteiger partial charge in [-0.3, -0.25) is 0 Å². The molecule has 0 aliphatic carbocycles. The molecule has 1 atom stereocenters. The van der Waals surface area contributed by atoms with Crippen LogP contribution in [0.4, 0.5) is 0 Å². The van der Waals surface area contributed by atoms with Gasteiger partial charge in [-0.1, -0.05) is 0 Å². The lowest BCUT2D eigenvalue weighted by molar-refractivity contribution is 0.474. The SMILES string of the molecule is CNCCC1Cc2cc(O)ccc2S1(=O)=O. The van der Waals surface area contributed by atoms with Crippen LogP contribution in [0, 0.1) is 0 Å². The standard InChI is InChI=1S/C11H15NO3S/c1-12-5-4-10-7-8-6-9(13)2-3-11(8)16(10,14)15/h2-3,6,10,12-13H,4-5,7H2,1H3. The van der Waals surface area contributed by atoms with Gasteiger partial charge in [0.1, 0.15) is 5.75 Å². The smallest absolute Gasteiger partial charge is 0.181 e. The van der Waals surface area contributed by atoms with Gasteiger partial charge in [0.15, 0.2) is 9.84 Å². The van der Waals surface area contributed by atoms with Crippen molar-refractivity contribution in [2.45, 2.75) is 23.0 Å². The minimum absolute atomic E-state index is 0.128. The van der Waals surface area contributed by atoms with Gasteiger partial charge in [0.25, 0.3) is 0 Å². The van der Waals surface area contributed by atoms with Crippen molar-refractivity contribution in [3.05, 3.63) is 23.8 Å². The number of hydrogen-bond donors (Lipinski definition) is 2. The Hall–Kier alpha value is -1.07. The molecule has 2 rings (SSSR count). The van der Waals surface area contributed by atoms with Crippen LogP contribution < -0.4 is 5.32 Å². The molecule has 0 fully saturated rings. The zero-order valence-corrected chi connectivity index (χ0v) is 9.92. The summed E-state index contributed by atoms with van der Waals surface area (Å²) in [6.07, 6.45) is 1.11. The lowest BCUT2D eigenvalue weighted by Gasteiger charge is -2.08. The first-order valence-electron chi connectivity index (χ1n) is 5.26. The summed E-state index contributed by atoms with van der Waals surface area (Å²) in [7, 11) is -1.38. The van der Waals surface area contributed by atoms with Crippen LogP contribution in [0.5, 0.6) is 5.75 Å². The molecule has 1 unspecified atom stereocenters. The molecule has 0 saturated carbocycles. The first-order chi connectivity index (χ1) is 7.55. The van der Waals surface area contributed by atoms with Crippen molar-refractivity contribution in [2.24, 2.45) is 0 Å². The van der Waals surface area contributed by atoms with Crippen LogP contribution in [0.1, 0.15) is 12.0 Å². The van der Waals surface area contributed by atoms with Crippen molar-refractivity contribution in [1.29, 1.82) is 0 Å². The van der Waals surface area contributed by atoms with E-state index in [9.17, 15) is 13.5 Å². The molecule has 16 heavy (non-hydrogen) atoms. The molecule has 1 aliphatic rings. The predicted molar refractivity (Wildman–Crippen MR) is 61.3 cm³/mol. The van der Waals surface area contributed by atoms with E-state index in [1.807, 2.05) is 0 Å². The Labute approximate surface area is 95.2 Å². The summed E-state index contributed by atoms with van der Waals surface area (Å²) in [6.45, 7) is 0.684. The molecule has 0 amide bonds. The maximum absolute atomic E-state index is 12.1. The Kier molecular flexibility index (Phi) is 2.90. The number of rotatable bonds is 3. The number of nitrogens with one attached hydrogen (secondary N) is 1. The number of phenols is 1. The molecular weight excluding hydrogens is 226 g/mol. The van der Waals surface area contributed by atoms with Gasteiger partial charge >= 0.3 is 0 Å². The minimum atomic E-state index is -3.19. The van der Waals surface area contributed by atoms with Gasteiger partial charge in [-0.15, -0.1) is 0 Å². The molecule has 0 spiro atoms. The molecule has 0 saturated heterocycles. The van der Waals surface area contributed by atoms with E-state index in [1.165, 1.54) is 12.1 Å². The number of benzene rings is 1. The van der Waals surface area contributed by atoms with Crippen molar-refractivity contribution in [3.8, 4) is 5.75 Å². The van der Waals surface area contributed by atoms with E-state index in [0.717, 1.165) is 5.56 Å². The van der Waals surface area contributed by atoms with E-state index in [0.29, 0.717) is 24.3 Å². The zero-order chi connectivity index (χ0) is 11.8. The van der Waals surface area contributed by atoms with Crippen molar-refractivity contribution >= 4 is 9.84 Å². The Morgan fingerprint density at radius 2 is 2.25 bits per heavy atom. The van der Waals surface area contributed by atoms with Gasteiger partial charge in [-0.05, 0) is 50.2 Å². The molecule has 88 valence electrons. The fourth-order valence-corrected chi connectivity index (χ4v) is 4.05. The maximum Gasteiger partial charge on any atom is 0.181 e. The molecule has 1 aromatic rings. The largest absolute Gasteiger partial charge is 0.508 e. The lowest BCUT2D eigenvalue weighted by Crippen LogP contribution is -2.22. The first kappa shape index (κ1) is 11.4. The molecule has 5 heteroatoms. The second-order valence-corrected chi connectivity index (χ2v) is 6.25. The second kappa shape index (κ2) is 4.07.